The number of carboxylic acid groups (broad SMARTS) is 1. The number of aromatic hydroxyl groups is 1. The van der Waals surface area contributed by atoms with Crippen LogP contribution in [0.5, 0.6) is 5.75 Å². The number of aliphatic carboxylic acids is 1. The van der Waals surface area contributed by atoms with Crippen LogP contribution in [-0.4, -0.2) is 75.8 Å². The van der Waals surface area contributed by atoms with Gasteiger partial charge in [-0.15, -0.1) is 0 Å². The molecule has 12 heteroatoms. The van der Waals surface area contributed by atoms with E-state index >= 15 is 0 Å². The average molecular weight is 529 g/mol. The third-order valence-electron chi connectivity index (χ3n) is 5.56. The first-order valence-electron chi connectivity index (χ1n) is 11.3. The van der Waals surface area contributed by atoms with E-state index in [0.717, 1.165) is 0 Å². The molecule has 0 fully saturated rings. The van der Waals surface area contributed by atoms with Crippen molar-refractivity contribution in [1.82, 2.24) is 16.0 Å². The predicted molar refractivity (Wildman–Crippen MR) is 140 cm³/mol. The van der Waals surface area contributed by atoms with Crippen LogP contribution in [0.15, 0.2) is 24.3 Å². The summed E-state index contributed by atoms with van der Waals surface area (Å²) in [7, 11) is 0. The lowest BCUT2D eigenvalue weighted by atomic mass is 9.96. The van der Waals surface area contributed by atoms with Crippen molar-refractivity contribution in [3.63, 3.8) is 0 Å². The summed E-state index contributed by atoms with van der Waals surface area (Å²) in [6.07, 6.45) is 2.66. The Morgan fingerprint density at radius 2 is 1.63 bits per heavy atom. The summed E-state index contributed by atoms with van der Waals surface area (Å²) in [5.41, 5.74) is 6.37. The van der Waals surface area contributed by atoms with Crippen molar-refractivity contribution in [3.8, 4) is 5.75 Å². The Hall–Kier alpha value is -2.44. The van der Waals surface area contributed by atoms with E-state index in [1.165, 1.54) is 23.9 Å². The van der Waals surface area contributed by atoms with Gasteiger partial charge < -0.3 is 31.9 Å². The Kier molecular flexibility index (Phi) is 13.6. The molecule has 35 heavy (non-hydrogen) atoms. The lowest BCUT2D eigenvalue weighted by Gasteiger charge is -2.28. The highest BCUT2D eigenvalue weighted by Crippen LogP contribution is 2.14. The van der Waals surface area contributed by atoms with Gasteiger partial charge in [-0.25, -0.2) is 4.79 Å². The van der Waals surface area contributed by atoms with Crippen LogP contribution in [0.1, 0.15) is 32.3 Å². The highest BCUT2D eigenvalue weighted by molar-refractivity contribution is 7.98. The van der Waals surface area contributed by atoms with Crippen molar-refractivity contribution in [2.75, 3.05) is 17.8 Å². The monoisotopic (exact) mass is 528 g/mol. The smallest absolute Gasteiger partial charge is 0.326 e. The second kappa shape index (κ2) is 15.5. The van der Waals surface area contributed by atoms with Crippen LogP contribution in [0.25, 0.3) is 0 Å². The van der Waals surface area contributed by atoms with Gasteiger partial charge in [-0.05, 0) is 42.0 Å². The van der Waals surface area contributed by atoms with Gasteiger partial charge in [0.1, 0.15) is 23.9 Å². The number of carbonyl (C=O) groups excluding carboxylic acids is 3. The maximum Gasteiger partial charge on any atom is 0.326 e. The van der Waals surface area contributed by atoms with Crippen molar-refractivity contribution >= 4 is 48.1 Å². The van der Waals surface area contributed by atoms with E-state index in [1.807, 2.05) is 13.2 Å². The standard InChI is InChI=1S/C23H36N4O6S2/c1-4-13(2)19(27-20(29)16(24)12-34)22(31)26-18(11-14-5-7-15(28)8-6-14)21(30)25-17(23(32)33)9-10-35-3/h5-8,13,16-19,28,34H,4,9-12,24H2,1-3H3,(H,25,30)(H,26,31)(H,27,29)(H,32,33). The summed E-state index contributed by atoms with van der Waals surface area (Å²) < 4.78 is 0. The first-order chi connectivity index (χ1) is 16.5. The van der Waals surface area contributed by atoms with Gasteiger partial charge in [-0.3, -0.25) is 14.4 Å². The van der Waals surface area contributed by atoms with Crippen LogP contribution in [0.3, 0.4) is 0 Å². The largest absolute Gasteiger partial charge is 0.508 e. The highest BCUT2D eigenvalue weighted by atomic mass is 32.2. The van der Waals surface area contributed by atoms with E-state index in [2.05, 4.69) is 28.6 Å². The van der Waals surface area contributed by atoms with E-state index < -0.39 is 47.9 Å². The minimum atomic E-state index is -1.17. The van der Waals surface area contributed by atoms with Crippen LogP contribution in [-0.2, 0) is 25.6 Å². The summed E-state index contributed by atoms with van der Waals surface area (Å²) >= 11 is 5.47. The van der Waals surface area contributed by atoms with Crippen molar-refractivity contribution < 1.29 is 29.4 Å². The van der Waals surface area contributed by atoms with Gasteiger partial charge in [0.05, 0.1) is 6.04 Å². The van der Waals surface area contributed by atoms with Gasteiger partial charge >= 0.3 is 5.97 Å². The van der Waals surface area contributed by atoms with Gasteiger partial charge in [0.2, 0.25) is 17.7 Å². The van der Waals surface area contributed by atoms with Crippen LogP contribution in [0, 0.1) is 5.92 Å². The summed E-state index contributed by atoms with van der Waals surface area (Å²) in [5, 5.41) is 26.9. The fraction of sp³-hybridized carbons (Fsp3) is 0.565. The van der Waals surface area contributed by atoms with Crippen LogP contribution in [0.4, 0.5) is 0 Å². The minimum absolute atomic E-state index is 0.0434. The number of carbonyl (C=O) groups is 4. The molecule has 196 valence electrons. The summed E-state index contributed by atoms with van der Waals surface area (Å²) in [4.78, 5) is 50.3. The van der Waals surface area contributed by atoms with Gasteiger partial charge in [0.15, 0.2) is 0 Å². The number of thioether (sulfide) groups is 1. The van der Waals surface area contributed by atoms with Crippen LogP contribution < -0.4 is 21.7 Å². The second-order valence-electron chi connectivity index (χ2n) is 8.27. The molecule has 0 heterocycles. The molecule has 0 aliphatic heterocycles. The number of benzene rings is 1. The number of amides is 3. The van der Waals surface area contributed by atoms with Crippen LogP contribution >= 0.6 is 24.4 Å². The zero-order valence-corrected chi connectivity index (χ0v) is 21.9. The van der Waals surface area contributed by atoms with E-state index in [0.29, 0.717) is 17.7 Å². The number of rotatable bonds is 15. The molecule has 1 rings (SSSR count). The third-order valence-corrected chi connectivity index (χ3v) is 6.60. The Labute approximate surface area is 215 Å². The molecule has 0 radical (unpaired) electrons. The Balaban J connectivity index is 3.16. The lowest BCUT2D eigenvalue weighted by molar-refractivity contribution is -0.142. The summed E-state index contributed by atoms with van der Waals surface area (Å²) in [5.74, 6) is -2.57. The molecule has 1 aromatic carbocycles. The molecule has 3 amide bonds. The number of nitrogens with two attached hydrogens (primary N) is 1. The molecular formula is C23H36N4O6S2. The normalized spacial score (nSPS) is 15.2. The maximum absolute atomic E-state index is 13.2. The molecule has 0 saturated heterocycles. The van der Waals surface area contributed by atoms with E-state index in [-0.39, 0.29) is 30.3 Å². The molecule has 5 unspecified atom stereocenters. The van der Waals surface area contributed by atoms with E-state index in [4.69, 9.17) is 5.73 Å². The van der Waals surface area contributed by atoms with Gasteiger partial charge in [-0.2, -0.15) is 24.4 Å². The number of nitrogens with one attached hydrogen (secondary N) is 3. The van der Waals surface area contributed by atoms with Crippen molar-refractivity contribution in [2.45, 2.75) is 57.3 Å². The number of thiol groups is 1. The quantitative estimate of drug-likeness (QED) is 0.162. The first kappa shape index (κ1) is 30.6. The molecular weight excluding hydrogens is 492 g/mol. The molecule has 10 nitrogen and oxygen atoms in total. The molecule has 0 bridgehead atoms. The molecule has 0 aromatic heterocycles. The Morgan fingerprint density at radius 3 is 2.14 bits per heavy atom. The second-order valence-corrected chi connectivity index (χ2v) is 9.62. The highest BCUT2D eigenvalue weighted by Gasteiger charge is 2.32. The maximum atomic E-state index is 13.2. The average Bonchev–Trinajstić information content (AvgIpc) is 2.84. The topological polar surface area (TPSA) is 171 Å². The number of hydrogen-bond donors (Lipinski definition) is 7. The molecule has 7 N–H and O–H groups in total. The number of phenolic OH excluding ortho intramolecular Hbond substituents is 1. The van der Waals surface area contributed by atoms with Crippen molar-refractivity contribution in [1.29, 1.82) is 0 Å². The van der Waals surface area contributed by atoms with Gasteiger partial charge in [0, 0.05) is 12.2 Å². The SMILES string of the molecule is CCC(C)C(NC(=O)C(N)CS)C(=O)NC(Cc1ccc(O)cc1)C(=O)NC(CCSC)C(=O)O. The molecule has 0 aliphatic rings. The molecule has 0 spiro atoms. The van der Waals surface area contributed by atoms with Crippen molar-refractivity contribution in [3.05, 3.63) is 29.8 Å². The van der Waals surface area contributed by atoms with Gasteiger partial charge in [-0.1, -0.05) is 32.4 Å². The fourth-order valence-corrected chi connectivity index (χ4v) is 3.79. The number of hydrogen-bond acceptors (Lipinski definition) is 8. The number of phenols is 1. The zero-order chi connectivity index (χ0) is 26.5. The third kappa shape index (κ3) is 10.4. The predicted octanol–water partition coefficient (Wildman–Crippen LogP) is 0.530. The van der Waals surface area contributed by atoms with E-state index in [1.54, 1.807) is 19.1 Å². The Bertz CT molecular complexity index is 855. The van der Waals surface area contributed by atoms with Gasteiger partial charge in [0.25, 0.3) is 0 Å². The fourth-order valence-electron chi connectivity index (χ4n) is 3.15. The molecule has 0 saturated carbocycles. The minimum Gasteiger partial charge on any atom is -0.508 e. The number of carboxylic acids is 1. The molecule has 1 aromatic rings. The van der Waals surface area contributed by atoms with Crippen LogP contribution in [0.2, 0.25) is 0 Å². The Morgan fingerprint density at radius 1 is 1.03 bits per heavy atom. The molecule has 0 aliphatic carbocycles. The van der Waals surface area contributed by atoms with E-state index in [9.17, 15) is 29.4 Å². The summed E-state index contributed by atoms with van der Waals surface area (Å²) in [6.45, 7) is 3.65. The summed E-state index contributed by atoms with van der Waals surface area (Å²) in [6, 6.07) is 2.00. The zero-order valence-electron chi connectivity index (χ0n) is 20.2. The molecule has 5 atom stereocenters. The lowest BCUT2D eigenvalue weighted by Crippen LogP contribution is -2.59. The van der Waals surface area contributed by atoms with Crippen molar-refractivity contribution in [2.24, 2.45) is 11.7 Å². The first-order valence-corrected chi connectivity index (χ1v) is 13.3.